The predicted octanol–water partition coefficient (Wildman–Crippen LogP) is 2.17. The minimum Gasteiger partial charge on any atom is -0.409 e. The Morgan fingerprint density at radius 2 is 2.29 bits per heavy atom. The molecule has 3 N–H and O–H groups in total. The zero-order valence-corrected chi connectivity index (χ0v) is 12.4. The Kier molecular flexibility index (Phi) is 5.01. The van der Waals surface area contributed by atoms with Gasteiger partial charge in [-0.1, -0.05) is 11.2 Å². The third kappa shape index (κ3) is 3.44. The van der Waals surface area contributed by atoms with Gasteiger partial charge in [-0.05, 0) is 37.8 Å². The van der Waals surface area contributed by atoms with Crippen LogP contribution in [0.4, 0.5) is 10.1 Å². The summed E-state index contributed by atoms with van der Waals surface area (Å²) in [5.41, 5.74) is 6.44. The van der Waals surface area contributed by atoms with Gasteiger partial charge in [-0.25, -0.2) is 4.39 Å². The van der Waals surface area contributed by atoms with Crippen molar-refractivity contribution in [2.75, 3.05) is 25.2 Å². The molecule has 1 saturated carbocycles. The maximum absolute atomic E-state index is 14.1. The molecule has 0 aliphatic heterocycles. The molecular formula is C15H22FN3O2. The summed E-state index contributed by atoms with van der Waals surface area (Å²) in [6, 6.07) is 5.00. The lowest BCUT2D eigenvalue weighted by Gasteiger charge is -2.33. The van der Waals surface area contributed by atoms with Gasteiger partial charge in [0.25, 0.3) is 0 Å². The maximum atomic E-state index is 14.1. The Hall–Kier alpha value is -1.82. The number of methoxy groups -OCH3 is 1. The number of benzene rings is 1. The number of halogens is 1. The van der Waals surface area contributed by atoms with Crippen LogP contribution in [-0.2, 0) is 4.74 Å². The zero-order valence-electron chi connectivity index (χ0n) is 12.4. The minimum atomic E-state index is -0.492. The summed E-state index contributed by atoms with van der Waals surface area (Å²) in [5, 5.41) is 11.9. The van der Waals surface area contributed by atoms with Gasteiger partial charge in [0.05, 0.1) is 17.9 Å². The molecule has 5 nitrogen and oxygen atoms in total. The number of rotatable bonds is 7. The van der Waals surface area contributed by atoms with E-state index >= 15 is 0 Å². The minimum absolute atomic E-state index is 0.142. The van der Waals surface area contributed by atoms with E-state index in [4.69, 9.17) is 15.7 Å². The average molecular weight is 295 g/mol. The first-order valence-electron chi connectivity index (χ1n) is 7.12. The van der Waals surface area contributed by atoms with Crippen LogP contribution in [0.1, 0.15) is 25.3 Å². The predicted molar refractivity (Wildman–Crippen MR) is 80.3 cm³/mol. The Bertz CT molecular complexity index is 518. The molecule has 116 valence electrons. The number of hydrogen-bond donors (Lipinski definition) is 2. The number of nitrogens with two attached hydrogens (primary N) is 1. The molecule has 0 amide bonds. The summed E-state index contributed by atoms with van der Waals surface area (Å²) in [4.78, 5) is 2.08. The molecule has 0 radical (unpaired) electrons. The molecule has 0 heterocycles. The van der Waals surface area contributed by atoms with E-state index in [1.807, 2.05) is 0 Å². The van der Waals surface area contributed by atoms with Crippen LogP contribution in [0.25, 0.3) is 0 Å². The van der Waals surface area contributed by atoms with Gasteiger partial charge < -0.3 is 20.6 Å². The molecule has 1 aromatic carbocycles. The van der Waals surface area contributed by atoms with Crippen molar-refractivity contribution in [1.29, 1.82) is 0 Å². The first-order chi connectivity index (χ1) is 10.1. The lowest BCUT2D eigenvalue weighted by molar-refractivity contribution is 0.202. The van der Waals surface area contributed by atoms with Crippen molar-refractivity contribution in [3.8, 4) is 0 Å². The number of oxime groups is 1. The van der Waals surface area contributed by atoms with Crippen molar-refractivity contribution in [2.24, 2.45) is 16.8 Å². The van der Waals surface area contributed by atoms with Gasteiger partial charge >= 0.3 is 0 Å². The van der Waals surface area contributed by atoms with Crippen LogP contribution in [0.2, 0.25) is 0 Å². The number of anilines is 1. The van der Waals surface area contributed by atoms with E-state index in [9.17, 15) is 4.39 Å². The Morgan fingerprint density at radius 1 is 1.57 bits per heavy atom. The summed E-state index contributed by atoms with van der Waals surface area (Å²) >= 11 is 0. The molecule has 0 spiro atoms. The topological polar surface area (TPSA) is 71.1 Å². The lowest BCUT2D eigenvalue weighted by atomic mass is 10.1. The summed E-state index contributed by atoms with van der Waals surface area (Å²) in [6.45, 7) is 3.28. The van der Waals surface area contributed by atoms with Crippen LogP contribution in [0.5, 0.6) is 0 Å². The summed E-state index contributed by atoms with van der Waals surface area (Å²) in [6.07, 6.45) is 2.36. The molecule has 21 heavy (non-hydrogen) atoms. The fraction of sp³-hybridized carbons (Fsp3) is 0.533. The molecule has 0 aromatic heterocycles. The standard InChI is InChI=1S/C15H22FN3O2/c1-10(11-6-7-11)19(8-9-21-2)13-5-3-4-12(16)14(13)15(17)18-20/h3-5,10-11,20H,6-9H2,1-2H3,(H2,17,18). The number of ether oxygens (including phenoxy) is 1. The van der Waals surface area contributed by atoms with Gasteiger partial charge in [-0.2, -0.15) is 0 Å². The van der Waals surface area contributed by atoms with Crippen molar-refractivity contribution >= 4 is 11.5 Å². The van der Waals surface area contributed by atoms with E-state index in [0.717, 1.165) is 0 Å². The number of amidine groups is 1. The van der Waals surface area contributed by atoms with Gasteiger partial charge in [-0.3, -0.25) is 0 Å². The number of nitrogens with zero attached hydrogens (tertiary/aromatic N) is 2. The van der Waals surface area contributed by atoms with Crippen LogP contribution in [0.15, 0.2) is 23.4 Å². The lowest BCUT2D eigenvalue weighted by Crippen LogP contribution is -2.39. The van der Waals surface area contributed by atoms with Crippen LogP contribution in [0.3, 0.4) is 0 Å². The molecule has 6 heteroatoms. The average Bonchev–Trinajstić information content (AvgIpc) is 3.31. The van der Waals surface area contributed by atoms with E-state index < -0.39 is 5.82 Å². The van der Waals surface area contributed by atoms with Crippen molar-refractivity contribution in [1.82, 2.24) is 0 Å². The van der Waals surface area contributed by atoms with Crippen LogP contribution >= 0.6 is 0 Å². The monoisotopic (exact) mass is 295 g/mol. The van der Waals surface area contributed by atoms with Crippen molar-refractivity contribution in [3.05, 3.63) is 29.6 Å². The molecule has 0 bridgehead atoms. The van der Waals surface area contributed by atoms with Gasteiger partial charge in [-0.15, -0.1) is 0 Å². The molecule has 1 aromatic rings. The third-order valence-corrected chi connectivity index (χ3v) is 4.00. The summed E-state index contributed by atoms with van der Waals surface area (Å²) < 4.78 is 19.3. The fourth-order valence-corrected chi connectivity index (χ4v) is 2.62. The summed E-state index contributed by atoms with van der Waals surface area (Å²) in [5.74, 6) is -0.105. The number of hydrogen-bond acceptors (Lipinski definition) is 4. The SMILES string of the molecule is COCCN(c1cccc(F)c1C(N)=NO)C(C)C1CC1. The van der Waals surface area contributed by atoms with Crippen molar-refractivity contribution < 1.29 is 14.3 Å². The molecule has 1 aliphatic carbocycles. The van der Waals surface area contributed by atoms with E-state index in [2.05, 4.69) is 17.0 Å². The second kappa shape index (κ2) is 6.76. The highest BCUT2D eigenvalue weighted by Crippen LogP contribution is 2.38. The van der Waals surface area contributed by atoms with E-state index in [0.29, 0.717) is 24.8 Å². The normalized spacial score (nSPS) is 16.8. The highest BCUT2D eigenvalue weighted by molar-refractivity contribution is 6.02. The molecular weight excluding hydrogens is 273 g/mol. The first-order valence-corrected chi connectivity index (χ1v) is 7.12. The molecule has 1 atom stereocenters. The van der Waals surface area contributed by atoms with Crippen LogP contribution in [-0.4, -0.2) is 37.3 Å². The Balaban J connectivity index is 2.40. The molecule has 1 fully saturated rings. The first kappa shape index (κ1) is 15.6. The molecule has 0 saturated heterocycles. The summed E-state index contributed by atoms with van der Waals surface area (Å²) in [7, 11) is 1.63. The Labute approximate surface area is 124 Å². The smallest absolute Gasteiger partial charge is 0.175 e. The molecule has 1 aliphatic rings. The van der Waals surface area contributed by atoms with Gasteiger partial charge in [0.1, 0.15) is 5.82 Å². The largest absolute Gasteiger partial charge is 0.409 e. The van der Waals surface area contributed by atoms with E-state index in [1.54, 1.807) is 19.2 Å². The quantitative estimate of drug-likeness (QED) is 0.350. The highest BCUT2D eigenvalue weighted by atomic mass is 19.1. The van der Waals surface area contributed by atoms with Gasteiger partial charge in [0.15, 0.2) is 5.84 Å². The second-order valence-electron chi connectivity index (χ2n) is 5.38. The van der Waals surface area contributed by atoms with Crippen LogP contribution in [0, 0.1) is 11.7 Å². The zero-order chi connectivity index (χ0) is 15.4. The fourth-order valence-electron chi connectivity index (χ4n) is 2.62. The van der Waals surface area contributed by atoms with Crippen molar-refractivity contribution in [2.45, 2.75) is 25.8 Å². The van der Waals surface area contributed by atoms with E-state index in [1.165, 1.54) is 18.9 Å². The molecule has 2 rings (SSSR count). The highest BCUT2D eigenvalue weighted by Gasteiger charge is 2.33. The van der Waals surface area contributed by atoms with Gasteiger partial charge in [0.2, 0.25) is 0 Å². The van der Waals surface area contributed by atoms with Crippen LogP contribution < -0.4 is 10.6 Å². The van der Waals surface area contributed by atoms with Gasteiger partial charge in [0, 0.05) is 19.7 Å². The molecule has 1 unspecified atom stereocenters. The van der Waals surface area contributed by atoms with Crippen molar-refractivity contribution in [3.63, 3.8) is 0 Å². The Morgan fingerprint density at radius 3 is 2.86 bits per heavy atom. The maximum Gasteiger partial charge on any atom is 0.175 e. The van der Waals surface area contributed by atoms with E-state index in [-0.39, 0.29) is 17.4 Å². The second-order valence-corrected chi connectivity index (χ2v) is 5.38. The third-order valence-electron chi connectivity index (χ3n) is 4.00.